The number of aryl methyl sites for hydroxylation is 1. The molecule has 156 valence electrons. The molecule has 0 fully saturated rings. The summed E-state index contributed by atoms with van der Waals surface area (Å²) in [5.74, 6) is 1.42. The molecular weight excluding hydrogens is 410 g/mol. The van der Waals surface area contributed by atoms with Crippen LogP contribution in [0.2, 0.25) is 0 Å². The van der Waals surface area contributed by atoms with Crippen LogP contribution in [0.25, 0.3) is 10.6 Å². The number of anilines is 2. The number of rotatable bonds is 6. The van der Waals surface area contributed by atoms with Gasteiger partial charge in [-0.3, -0.25) is 4.79 Å². The number of hydrogen-bond donors (Lipinski definition) is 3. The van der Waals surface area contributed by atoms with Gasteiger partial charge in [0.25, 0.3) is 0 Å². The van der Waals surface area contributed by atoms with Crippen molar-refractivity contribution in [1.29, 1.82) is 0 Å². The van der Waals surface area contributed by atoms with E-state index in [1.807, 2.05) is 37.3 Å². The molecule has 1 amide bonds. The van der Waals surface area contributed by atoms with Crippen LogP contribution in [0.5, 0.6) is 5.75 Å². The predicted octanol–water partition coefficient (Wildman–Crippen LogP) is 4.58. The van der Waals surface area contributed by atoms with E-state index in [0.717, 1.165) is 32.5 Å². The summed E-state index contributed by atoms with van der Waals surface area (Å²) >= 11 is 1.46. The van der Waals surface area contributed by atoms with Gasteiger partial charge in [-0.2, -0.15) is 0 Å². The Hall–Kier alpha value is -3.78. The highest BCUT2D eigenvalue weighted by Gasteiger charge is 2.20. The molecule has 3 heterocycles. The fourth-order valence-corrected chi connectivity index (χ4v) is 4.04. The van der Waals surface area contributed by atoms with Crippen LogP contribution in [-0.4, -0.2) is 26.0 Å². The highest BCUT2D eigenvalue weighted by molar-refractivity contribution is 7.15. The summed E-state index contributed by atoms with van der Waals surface area (Å²) in [5, 5.41) is 16.5. The minimum atomic E-state index is -0.408. The number of carbonyl (C=O) groups excluding carboxylic acids is 1. The summed E-state index contributed by atoms with van der Waals surface area (Å²) in [6.07, 6.45) is 3.51. The molecule has 1 aromatic carbocycles. The molecule has 4 aromatic rings. The summed E-state index contributed by atoms with van der Waals surface area (Å²) in [4.78, 5) is 26.2. The van der Waals surface area contributed by atoms with Gasteiger partial charge in [0.1, 0.15) is 28.4 Å². The van der Waals surface area contributed by atoms with Crippen LogP contribution >= 0.6 is 11.3 Å². The number of phenolic OH excluding ortho intramolecular Hbond substituents is 1. The number of nitrogens with zero attached hydrogens (tertiary/aromatic N) is 3. The molecule has 0 spiro atoms. The van der Waals surface area contributed by atoms with Crippen molar-refractivity contribution >= 4 is 28.9 Å². The number of phenols is 1. The molecule has 3 N–H and O–H groups in total. The maximum Gasteiger partial charge on any atom is 0.217 e. The average Bonchev–Trinajstić information content (AvgIpc) is 3.23. The number of nitrogens with one attached hydrogen (secondary N) is 2. The van der Waals surface area contributed by atoms with Crippen LogP contribution in [0.3, 0.4) is 0 Å². The van der Waals surface area contributed by atoms with Gasteiger partial charge in [0, 0.05) is 19.3 Å². The fraction of sp³-hybridized carbons (Fsp3) is 0.130. The zero-order chi connectivity index (χ0) is 21.8. The van der Waals surface area contributed by atoms with E-state index < -0.39 is 6.04 Å². The third-order valence-electron chi connectivity index (χ3n) is 4.52. The summed E-state index contributed by atoms with van der Waals surface area (Å²) < 4.78 is 0. The number of amides is 1. The average molecular weight is 432 g/mol. The van der Waals surface area contributed by atoms with E-state index in [2.05, 4.69) is 25.6 Å². The molecule has 0 saturated heterocycles. The lowest BCUT2D eigenvalue weighted by Crippen LogP contribution is -2.26. The number of pyridine rings is 2. The largest absolute Gasteiger partial charge is 0.508 e. The first-order chi connectivity index (χ1) is 15.0. The maximum absolute atomic E-state index is 11.8. The number of benzene rings is 1. The number of thiazole rings is 1. The number of hydrogen-bond acceptors (Lipinski definition) is 7. The van der Waals surface area contributed by atoms with Crippen molar-refractivity contribution in [3.63, 3.8) is 0 Å². The van der Waals surface area contributed by atoms with Crippen molar-refractivity contribution < 1.29 is 9.90 Å². The predicted molar refractivity (Wildman–Crippen MR) is 121 cm³/mol. The number of aromatic nitrogens is 3. The first-order valence-corrected chi connectivity index (χ1v) is 10.5. The molecule has 3 aromatic heterocycles. The lowest BCUT2D eigenvalue weighted by molar-refractivity contribution is -0.119. The molecule has 0 aliphatic rings. The smallest absolute Gasteiger partial charge is 0.217 e. The van der Waals surface area contributed by atoms with Crippen molar-refractivity contribution in [2.24, 2.45) is 0 Å². The van der Waals surface area contributed by atoms with Crippen molar-refractivity contribution in [3.8, 4) is 16.3 Å². The van der Waals surface area contributed by atoms with E-state index in [1.54, 1.807) is 36.7 Å². The van der Waals surface area contributed by atoms with Crippen LogP contribution in [0.4, 0.5) is 11.6 Å². The van der Waals surface area contributed by atoms with Crippen molar-refractivity contribution in [3.05, 3.63) is 83.1 Å². The van der Waals surface area contributed by atoms with Gasteiger partial charge in [-0.25, -0.2) is 15.0 Å². The van der Waals surface area contributed by atoms with Crippen LogP contribution in [-0.2, 0) is 4.79 Å². The SMILES string of the molecule is CC(=O)NC(c1ccc(O)cc1)c1ncc(-c2cccc(Nc3cc(C)ccn3)n2)s1. The highest BCUT2D eigenvalue weighted by Crippen LogP contribution is 2.32. The molecule has 0 aliphatic heterocycles. The van der Waals surface area contributed by atoms with E-state index in [1.165, 1.54) is 18.3 Å². The minimum absolute atomic E-state index is 0.162. The van der Waals surface area contributed by atoms with Gasteiger partial charge in [0.05, 0.1) is 10.6 Å². The Bertz CT molecular complexity index is 1210. The second-order valence-corrected chi connectivity index (χ2v) is 8.10. The lowest BCUT2D eigenvalue weighted by Gasteiger charge is -2.16. The second-order valence-electron chi connectivity index (χ2n) is 7.04. The molecule has 1 atom stereocenters. The zero-order valence-corrected chi connectivity index (χ0v) is 17.9. The molecule has 0 bridgehead atoms. The summed E-state index contributed by atoms with van der Waals surface area (Å²) in [5.41, 5.74) is 2.72. The van der Waals surface area contributed by atoms with Crippen molar-refractivity contribution in [2.45, 2.75) is 19.9 Å². The van der Waals surface area contributed by atoms with Gasteiger partial charge in [0.15, 0.2) is 0 Å². The number of aromatic hydroxyl groups is 1. The molecule has 8 heteroatoms. The van der Waals surface area contributed by atoms with Gasteiger partial charge in [0.2, 0.25) is 5.91 Å². The Labute approximate surface area is 183 Å². The maximum atomic E-state index is 11.8. The van der Waals surface area contributed by atoms with E-state index in [0.29, 0.717) is 5.82 Å². The zero-order valence-electron chi connectivity index (χ0n) is 17.0. The fourth-order valence-electron chi connectivity index (χ4n) is 3.07. The minimum Gasteiger partial charge on any atom is -0.508 e. The first-order valence-electron chi connectivity index (χ1n) is 9.67. The van der Waals surface area contributed by atoms with Crippen LogP contribution in [0.1, 0.15) is 29.1 Å². The van der Waals surface area contributed by atoms with Gasteiger partial charge in [-0.1, -0.05) is 18.2 Å². The van der Waals surface area contributed by atoms with Gasteiger partial charge in [-0.05, 0) is 54.4 Å². The Morgan fingerprint density at radius 1 is 1.06 bits per heavy atom. The molecule has 7 nitrogen and oxygen atoms in total. The van der Waals surface area contributed by atoms with Crippen LogP contribution in [0, 0.1) is 6.92 Å². The van der Waals surface area contributed by atoms with Gasteiger partial charge in [-0.15, -0.1) is 11.3 Å². The van der Waals surface area contributed by atoms with Crippen molar-refractivity contribution in [2.75, 3.05) is 5.32 Å². The lowest BCUT2D eigenvalue weighted by atomic mass is 10.1. The molecule has 31 heavy (non-hydrogen) atoms. The molecule has 0 radical (unpaired) electrons. The highest BCUT2D eigenvalue weighted by atomic mass is 32.1. The van der Waals surface area contributed by atoms with Crippen LogP contribution in [0.15, 0.2) is 67.0 Å². The quantitative estimate of drug-likeness (QED) is 0.413. The molecular formula is C23H21N5O2S. The van der Waals surface area contributed by atoms with Gasteiger partial charge >= 0.3 is 0 Å². The molecule has 4 rings (SSSR count). The van der Waals surface area contributed by atoms with Gasteiger partial charge < -0.3 is 15.7 Å². The summed E-state index contributed by atoms with van der Waals surface area (Å²) in [6, 6.07) is 15.9. The standard InChI is InChI=1S/C23H21N5O2S/c1-14-10-11-24-21(12-14)28-20-5-3-4-18(27-20)19-13-25-23(31-19)22(26-15(2)29)16-6-8-17(30)9-7-16/h3-13,22,30H,1-2H3,(H,26,29)(H,24,27,28). The first kappa shape index (κ1) is 20.5. The van der Waals surface area contributed by atoms with E-state index >= 15 is 0 Å². The Kier molecular flexibility index (Phi) is 5.90. The van der Waals surface area contributed by atoms with Crippen molar-refractivity contribution in [1.82, 2.24) is 20.3 Å². The topological polar surface area (TPSA) is 100 Å². The monoisotopic (exact) mass is 431 g/mol. The van der Waals surface area contributed by atoms with E-state index in [4.69, 9.17) is 0 Å². The third kappa shape index (κ3) is 5.04. The molecule has 1 unspecified atom stereocenters. The molecule has 0 aliphatic carbocycles. The van der Waals surface area contributed by atoms with Crippen LogP contribution < -0.4 is 10.6 Å². The third-order valence-corrected chi connectivity index (χ3v) is 5.60. The normalized spacial score (nSPS) is 11.7. The summed E-state index contributed by atoms with van der Waals surface area (Å²) in [6.45, 7) is 3.48. The van der Waals surface area contributed by atoms with E-state index in [-0.39, 0.29) is 11.7 Å². The summed E-state index contributed by atoms with van der Waals surface area (Å²) in [7, 11) is 0. The molecule has 0 saturated carbocycles. The Morgan fingerprint density at radius 3 is 2.61 bits per heavy atom. The Morgan fingerprint density at radius 2 is 1.87 bits per heavy atom. The Balaban J connectivity index is 1.61. The van der Waals surface area contributed by atoms with E-state index in [9.17, 15) is 9.90 Å². The number of carbonyl (C=O) groups is 1. The second kappa shape index (κ2) is 8.93.